The summed E-state index contributed by atoms with van der Waals surface area (Å²) in [7, 11) is 1.39. The maximum atomic E-state index is 13.6. The van der Waals surface area contributed by atoms with E-state index in [-0.39, 0.29) is 85.5 Å². The highest BCUT2D eigenvalue weighted by molar-refractivity contribution is 5.98. The number of ketones is 2. The maximum absolute atomic E-state index is 13.6. The van der Waals surface area contributed by atoms with Gasteiger partial charge in [-0.1, -0.05) is 6.92 Å². The number of carbonyl (C=O) groups excluding carboxylic acids is 3. The zero-order valence-electron chi connectivity index (χ0n) is 33.5. The highest BCUT2D eigenvalue weighted by Gasteiger charge is 2.29. The number of amides is 1. The number of nitrogens with two attached hydrogens (primary N) is 2. The monoisotopic (exact) mass is 780 g/mol. The summed E-state index contributed by atoms with van der Waals surface area (Å²) in [4.78, 5) is 69.7. The number of hydrogen-bond acceptors (Lipinski definition) is 12. The number of methoxy groups -OCH3 is 1. The minimum absolute atomic E-state index is 0.0208. The molecule has 3 aromatic rings. The Morgan fingerprint density at radius 1 is 1.02 bits per heavy atom. The second-order valence-electron chi connectivity index (χ2n) is 14.4. The predicted octanol–water partition coefficient (Wildman–Crippen LogP) is 5.40. The average Bonchev–Trinajstić information content (AvgIpc) is 3.13. The first-order valence-electron chi connectivity index (χ1n) is 18.8. The van der Waals surface area contributed by atoms with Gasteiger partial charge in [-0.25, -0.2) is 4.79 Å². The van der Waals surface area contributed by atoms with Crippen molar-refractivity contribution in [2.24, 2.45) is 16.5 Å². The van der Waals surface area contributed by atoms with Crippen molar-refractivity contribution >= 4 is 45.8 Å². The minimum atomic E-state index is -0.920. The zero-order valence-corrected chi connectivity index (χ0v) is 33.5. The molecule has 0 radical (unpaired) electrons. The lowest BCUT2D eigenvalue weighted by molar-refractivity contribution is -0.385. The molecule has 0 saturated heterocycles. The molecule has 2 unspecified atom stereocenters. The summed E-state index contributed by atoms with van der Waals surface area (Å²) >= 11 is 0. The molecule has 0 spiro atoms. The number of guanidine groups is 1. The Hall–Kier alpha value is -5.51. The largest absolute Gasteiger partial charge is 0.493 e. The summed E-state index contributed by atoms with van der Waals surface area (Å²) in [5.74, 6) is -1.38. The molecule has 1 heterocycles. The van der Waals surface area contributed by atoms with Gasteiger partial charge in [0.1, 0.15) is 16.7 Å². The van der Waals surface area contributed by atoms with Crippen LogP contribution in [-0.4, -0.2) is 80.0 Å². The van der Waals surface area contributed by atoms with Crippen LogP contribution in [0.2, 0.25) is 0 Å². The smallest absolute Gasteiger partial charge is 0.347 e. The lowest BCUT2D eigenvalue weighted by Gasteiger charge is -2.24. The Morgan fingerprint density at radius 2 is 1.73 bits per heavy atom. The van der Waals surface area contributed by atoms with Crippen molar-refractivity contribution in [3.05, 3.63) is 68.1 Å². The topological polar surface area (TPSA) is 232 Å². The van der Waals surface area contributed by atoms with Crippen molar-refractivity contribution in [3.63, 3.8) is 0 Å². The van der Waals surface area contributed by atoms with E-state index >= 15 is 0 Å². The van der Waals surface area contributed by atoms with E-state index in [2.05, 4.69) is 15.2 Å². The molecule has 1 aromatic heterocycles. The molecule has 306 valence electrons. The third-order valence-corrected chi connectivity index (χ3v) is 8.95. The fraction of sp³-hybridized carbons (Fsp3) is 0.525. The first-order chi connectivity index (χ1) is 26.5. The molecule has 1 amide bonds. The lowest BCUT2D eigenvalue weighted by atomic mass is 9.90. The van der Waals surface area contributed by atoms with Gasteiger partial charge in [0.15, 0.2) is 29.0 Å². The van der Waals surface area contributed by atoms with Crippen LogP contribution in [0.3, 0.4) is 0 Å². The Bertz CT molecular complexity index is 1930. The number of Topliss-reactive ketones (excluding diaryl/α,β-unsaturated/α-hetero) is 2. The van der Waals surface area contributed by atoms with Crippen LogP contribution in [-0.2, 0) is 14.3 Å². The quantitative estimate of drug-likeness (QED) is 0.0208. The van der Waals surface area contributed by atoms with Crippen LogP contribution < -0.4 is 36.8 Å². The van der Waals surface area contributed by atoms with E-state index in [0.717, 1.165) is 18.8 Å². The van der Waals surface area contributed by atoms with Gasteiger partial charge in [0.25, 0.3) is 5.69 Å². The van der Waals surface area contributed by atoms with E-state index in [1.807, 2.05) is 46.8 Å². The number of nitro benzene ring substituents is 1. The van der Waals surface area contributed by atoms with Gasteiger partial charge in [0, 0.05) is 68.2 Å². The first kappa shape index (κ1) is 44.9. The summed E-state index contributed by atoms with van der Waals surface area (Å²) in [5.41, 5.74) is 10.9. The van der Waals surface area contributed by atoms with Gasteiger partial charge < -0.3 is 40.3 Å². The van der Waals surface area contributed by atoms with Crippen LogP contribution in [0.1, 0.15) is 102 Å². The molecule has 0 aliphatic heterocycles. The number of anilines is 1. The lowest BCUT2D eigenvalue weighted by Crippen LogP contribution is -2.41. The molecular formula is C40H56N6O10. The van der Waals surface area contributed by atoms with Gasteiger partial charge in [-0.3, -0.25) is 29.5 Å². The third kappa shape index (κ3) is 13.4. The summed E-state index contributed by atoms with van der Waals surface area (Å²) in [6.45, 7) is 13.3. The number of nitro groups is 1. The van der Waals surface area contributed by atoms with E-state index in [0.29, 0.717) is 29.6 Å². The standard InChI is InChI=1S/C40H56N6O10/c1-8-45(9-2)27-15-14-26-21-29(38(50)55-34(26)22-27)32(47)13-11-18-54-19-16-37(49)44-30(12-10-17-43-39(41)42)33(48)20-25(3)28-23-36(56-40(4,5)6)35(53-7)24-31(28)46(51)52/h14-15,21-25,30H,8-13,16-20H2,1-7H3,(H,44,49)(H4,41,42,43). The van der Waals surface area contributed by atoms with E-state index in [1.165, 1.54) is 19.2 Å². The molecule has 0 saturated carbocycles. The van der Waals surface area contributed by atoms with Crippen LogP contribution in [0.15, 0.2) is 50.6 Å². The molecule has 56 heavy (non-hydrogen) atoms. The van der Waals surface area contributed by atoms with Crippen LogP contribution in [0, 0.1) is 10.1 Å². The fourth-order valence-corrected chi connectivity index (χ4v) is 6.14. The Morgan fingerprint density at radius 3 is 2.36 bits per heavy atom. The SMILES string of the molecule is CCN(CC)c1ccc2cc(C(=O)CCCOCCC(=O)NC(CCCN=C(N)N)C(=O)CC(C)c3cc(OC(C)(C)C)c(OC)cc3[N+](=O)[O-])c(=O)oc2c1. The summed E-state index contributed by atoms with van der Waals surface area (Å²) in [6.07, 6.45) is 0.769. The predicted molar refractivity (Wildman–Crippen MR) is 215 cm³/mol. The van der Waals surface area contributed by atoms with Crippen molar-refractivity contribution in [2.75, 3.05) is 44.9 Å². The summed E-state index contributed by atoms with van der Waals surface area (Å²) in [5, 5.41) is 15.5. The summed E-state index contributed by atoms with van der Waals surface area (Å²) < 4.78 is 22.4. The van der Waals surface area contributed by atoms with Crippen LogP contribution in [0.4, 0.5) is 11.4 Å². The van der Waals surface area contributed by atoms with Crippen molar-refractivity contribution in [3.8, 4) is 11.5 Å². The van der Waals surface area contributed by atoms with Crippen molar-refractivity contribution < 1.29 is 37.9 Å². The van der Waals surface area contributed by atoms with E-state index < -0.39 is 34.0 Å². The number of hydrogen-bond donors (Lipinski definition) is 3. The second-order valence-corrected chi connectivity index (χ2v) is 14.4. The second kappa shape index (κ2) is 21.0. The van der Waals surface area contributed by atoms with E-state index in [9.17, 15) is 29.3 Å². The van der Waals surface area contributed by atoms with Crippen LogP contribution in [0.5, 0.6) is 11.5 Å². The van der Waals surface area contributed by atoms with Gasteiger partial charge in [0.2, 0.25) is 5.91 Å². The fourth-order valence-electron chi connectivity index (χ4n) is 6.14. The van der Waals surface area contributed by atoms with Crippen molar-refractivity contribution in [1.29, 1.82) is 0 Å². The average molecular weight is 781 g/mol. The van der Waals surface area contributed by atoms with Gasteiger partial charge in [-0.2, -0.15) is 0 Å². The van der Waals surface area contributed by atoms with Gasteiger partial charge in [-0.05, 0) is 84.1 Å². The number of rotatable bonds is 23. The number of nitrogens with zero attached hydrogens (tertiary/aromatic N) is 3. The maximum Gasteiger partial charge on any atom is 0.347 e. The number of nitrogens with one attached hydrogen (secondary N) is 1. The Balaban J connectivity index is 1.59. The molecule has 5 N–H and O–H groups in total. The highest BCUT2D eigenvalue weighted by Crippen LogP contribution is 2.40. The Kier molecular flexibility index (Phi) is 16.8. The van der Waals surface area contributed by atoms with Gasteiger partial charge in [0.05, 0.1) is 30.7 Å². The minimum Gasteiger partial charge on any atom is -0.493 e. The van der Waals surface area contributed by atoms with Crippen LogP contribution >= 0.6 is 0 Å². The van der Waals surface area contributed by atoms with Gasteiger partial charge >= 0.3 is 5.63 Å². The molecular weight excluding hydrogens is 724 g/mol. The molecule has 16 nitrogen and oxygen atoms in total. The Labute approximate surface area is 327 Å². The zero-order chi connectivity index (χ0) is 41.6. The molecule has 2 atom stereocenters. The normalized spacial score (nSPS) is 12.4. The molecule has 0 bridgehead atoms. The highest BCUT2D eigenvalue weighted by atomic mass is 16.6. The molecule has 0 aliphatic rings. The number of ether oxygens (including phenoxy) is 3. The number of carbonyl (C=O) groups is 3. The summed E-state index contributed by atoms with van der Waals surface area (Å²) in [6, 6.07) is 8.98. The van der Waals surface area contributed by atoms with Gasteiger partial charge in [-0.15, -0.1) is 0 Å². The number of aliphatic imine (C=N–C) groups is 1. The molecule has 0 fully saturated rings. The van der Waals surface area contributed by atoms with Crippen molar-refractivity contribution in [1.82, 2.24) is 5.32 Å². The third-order valence-electron chi connectivity index (χ3n) is 8.95. The van der Waals surface area contributed by atoms with E-state index in [1.54, 1.807) is 19.1 Å². The van der Waals surface area contributed by atoms with Crippen molar-refractivity contribution in [2.45, 2.75) is 97.6 Å². The number of benzene rings is 2. The molecule has 16 heteroatoms. The van der Waals surface area contributed by atoms with Crippen LogP contribution in [0.25, 0.3) is 11.0 Å². The number of fused-ring (bicyclic) bond motifs is 1. The molecule has 3 rings (SSSR count). The van der Waals surface area contributed by atoms with E-state index in [4.69, 9.17) is 30.1 Å². The first-order valence-corrected chi connectivity index (χ1v) is 18.8. The molecule has 2 aromatic carbocycles. The molecule has 0 aliphatic carbocycles.